The number of ether oxygens (including phenoxy) is 3. The Morgan fingerprint density at radius 2 is 0.520 bits per heavy atom. The van der Waals surface area contributed by atoms with Gasteiger partial charge in [0.1, 0.15) is 13.2 Å². The molecule has 0 saturated carbocycles. The van der Waals surface area contributed by atoms with Crippen molar-refractivity contribution in [1.29, 1.82) is 0 Å². The quantitative estimate of drug-likeness (QED) is 0.0261. The molecule has 0 radical (unpaired) electrons. The third kappa shape index (κ3) is 60.6. The molecule has 6 nitrogen and oxygen atoms in total. The minimum Gasteiger partial charge on any atom is -0.462 e. The zero-order chi connectivity index (χ0) is 54.3. The fraction of sp³-hybridized carbons (Fsp3) is 0.667. The maximum atomic E-state index is 12.8. The van der Waals surface area contributed by atoms with Gasteiger partial charge in [-0.2, -0.15) is 0 Å². The normalized spacial score (nSPS) is 12.9. The first-order valence-electron chi connectivity index (χ1n) is 31.0. The van der Waals surface area contributed by atoms with E-state index in [0.717, 1.165) is 141 Å². The Labute approximate surface area is 462 Å². The zero-order valence-electron chi connectivity index (χ0n) is 48.8. The van der Waals surface area contributed by atoms with Crippen LogP contribution in [0.3, 0.4) is 0 Å². The van der Waals surface area contributed by atoms with Crippen molar-refractivity contribution < 1.29 is 28.6 Å². The Bertz CT molecular complexity index is 1570. The van der Waals surface area contributed by atoms with Crippen molar-refractivity contribution >= 4 is 17.9 Å². The maximum Gasteiger partial charge on any atom is 0.306 e. The summed E-state index contributed by atoms with van der Waals surface area (Å²) in [5.74, 6) is -0.923. The van der Waals surface area contributed by atoms with Gasteiger partial charge in [0.2, 0.25) is 0 Å². The lowest BCUT2D eigenvalue weighted by Gasteiger charge is -2.18. The van der Waals surface area contributed by atoms with E-state index in [0.29, 0.717) is 19.3 Å². The summed E-state index contributed by atoms with van der Waals surface area (Å²) in [5, 5.41) is 0. The van der Waals surface area contributed by atoms with Gasteiger partial charge in [-0.25, -0.2) is 0 Å². The highest BCUT2D eigenvalue weighted by Crippen LogP contribution is 2.14. The van der Waals surface area contributed by atoms with E-state index in [1.54, 1.807) is 0 Å². The van der Waals surface area contributed by atoms with Crippen molar-refractivity contribution in [3.8, 4) is 0 Å². The van der Waals surface area contributed by atoms with Gasteiger partial charge in [-0.1, -0.05) is 245 Å². The Morgan fingerprint density at radius 3 is 0.853 bits per heavy atom. The van der Waals surface area contributed by atoms with E-state index < -0.39 is 6.10 Å². The van der Waals surface area contributed by atoms with Gasteiger partial charge in [0.15, 0.2) is 6.10 Å². The third-order valence-corrected chi connectivity index (χ3v) is 12.9. The minimum atomic E-state index is -0.794. The highest BCUT2D eigenvalue weighted by Gasteiger charge is 2.19. The average molecular weight is 1040 g/mol. The summed E-state index contributed by atoms with van der Waals surface area (Å²) in [6.07, 6.45) is 86.3. The molecule has 0 saturated heterocycles. The standard InChI is InChI=1S/C69H114O6/c1-4-7-10-13-16-19-22-25-27-28-29-30-31-32-33-34-35-36-37-38-39-40-41-42-43-45-47-50-53-56-59-62-68(71)74-65-66(64-73-67(70)61-58-55-52-49-46-24-21-18-15-12-9-6-3)75-69(72)63-60-57-54-51-48-44-26-23-20-17-14-11-8-5-2/h7,10,16,18-19,21,23,25-27,29-30,32-33,35-36,38-39,41-42,66H,4-6,8-9,11-15,17,20,22,24,28,31,34,37,40,43-65H2,1-3H3/b10-7-,19-16-,21-18-,26-23-,27-25-,30-29-,33-32-,36-35-,39-38-,42-41-. The second-order valence-electron chi connectivity index (χ2n) is 20.2. The molecule has 0 heterocycles. The molecule has 0 aromatic rings. The van der Waals surface area contributed by atoms with Crippen LogP contribution < -0.4 is 0 Å². The molecule has 0 aliphatic rings. The van der Waals surface area contributed by atoms with E-state index in [1.165, 1.54) is 96.3 Å². The summed E-state index contributed by atoms with van der Waals surface area (Å²) in [4.78, 5) is 38.2. The van der Waals surface area contributed by atoms with Gasteiger partial charge in [-0.3, -0.25) is 14.4 Å². The predicted molar refractivity (Wildman–Crippen MR) is 325 cm³/mol. The molecule has 0 amide bonds. The van der Waals surface area contributed by atoms with Crippen molar-refractivity contribution in [2.75, 3.05) is 13.2 Å². The van der Waals surface area contributed by atoms with Crippen LogP contribution >= 0.6 is 0 Å². The number of hydrogen-bond acceptors (Lipinski definition) is 6. The van der Waals surface area contributed by atoms with E-state index >= 15 is 0 Å². The van der Waals surface area contributed by atoms with Gasteiger partial charge in [0.05, 0.1) is 0 Å². The Morgan fingerprint density at radius 1 is 0.280 bits per heavy atom. The molecule has 75 heavy (non-hydrogen) atoms. The van der Waals surface area contributed by atoms with Crippen LogP contribution in [0.2, 0.25) is 0 Å². The number of allylic oxidation sites excluding steroid dienone is 20. The number of carbonyl (C=O) groups excluding carboxylic acids is 3. The summed E-state index contributed by atoms with van der Waals surface area (Å²) in [7, 11) is 0. The van der Waals surface area contributed by atoms with Crippen LogP contribution in [0.4, 0.5) is 0 Å². The molecule has 0 aromatic heterocycles. The van der Waals surface area contributed by atoms with Crippen LogP contribution in [0.5, 0.6) is 0 Å². The van der Waals surface area contributed by atoms with Crippen LogP contribution in [0.1, 0.15) is 278 Å². The fourth-order valence-electron chi connectivity index (χ4n) is 8.27. The van der Waals surface area contributed by atoms with Crippen molar-refractivity contribution in [2.24, 2.45) is 0 Å². The Kier molecular flexibility index (Phi) is 58.9. The molecule has 0 aliphatic carbocycles. The molecule has 0 bridgehead atoms. The lowest BCUT2D eigenvalue weighted by Crippen LogP contribution is -2.30. The van der Waals surface area contributed by atoms with E-state index in [4.69, 9.17) is 14.2 Å². The maximum absolute atomic E-state index is 12.8. The fourth-order valence-corrected chi connectivity index (χ4v) is 8.27. The highest BCUT2D eigenvalue weighted by atomic mass is 16.6. The minimum absolute atomic E-state index is 0.0916. The summed E-state index contributed by atoms with van der Waals surface area (Å²) in [6, 6.07) is 0. The van der Waals surface area contributed by atoms with Gasteiger partial charge in [-0.15, -0.1) is 0 Å². The van der Waals surface area contributed by atoms with Crippen molar-refractivity contribution in [3.63, 3.8) is 0 Å². The van der Waals surface area contributed by atoms with Crippen LogP contribution in [0.15, 0.2) is 122 Å². The zero-order valence-corrected chi connectivity index (χ0v) is 48.8. The first kappa shape index (κ1) is 70.8. The molecule has 1 unspecified atom stereocenters. The Hall–Kier alpha value is -4.19. The predicted octanol–water partition coefficient (Wildman–Crippen LogP) is 21.2. The molecule has 1 atom stereocenters. The van der Waals surface area contributed by atoms with Gasteiger partial charge in [-0.05, 0) is 135 Å². The number of esters is 3. The molecule has 426 valence electrons. The average Bonchev–Trinajstić information content (AvgIpc) is 3.41. The second-order valence-corrected chi connectivity index (χ2v) is 20.2. The van der Waals surface area contributed by atoms with Gasteiger partial charge >= 0.3 is 17.9 Å². The number of carbonyl (C=O) groups is 3. The molecule has 0 spiro atoms. The van der Waals surface area contributed by atoms with Gasteiger partial charge in [0.25, 0.3) is 0 Å². The first-order chi connectivity index (χ1) is 37.0. The van der Waals surface area contributed by atoms with Gasteiger partial charge in [0, 0.05) is 19.3 Å². The molecule has 0 aliphatic heterocycles. The van der Waals surface area contributed by atoms with Crippen LogP contribution in [-0.4, -0.2) is 37.2 Å². The SMILES string of the molecule is CC/C=C\C/C=C\C/C=C\C/C=C\C/C=C\C/C=C\C/C=C\C/C=C\CCCCCCCCC(=O)OCC(COC(=O)CCCCCCC/C=C\CCCCC)OC(=O)CCCCCCC/C=C\CCCCCCC. The van der Waals surface area contributed by atoms with Crippen molar-refractivity contribution in [1.82, 2.24) is 0 Å². The van der Waals surface area contributed by atoms with Crippen LogP contribution in [-0.2, 0) is 28.6 Å². The van der Waals surface area contributed by atoms with Gasteiger partial charge < -0.3 is 14.2 Å². The second kappa shape index (κ2) is 62.4. The molecule has 0 fully saturated rings. The Balaban J connectivity index is 4.30. The lowest BCUT2D eigenvalue weighted by atomic mass is 10.1. The molecule has 6 heteroatoms. The molecule has 0 rings (SSSR count). The van der Waals surface area contributed by atoms with Crippen molar-refractivity contribution in [2.45, 2.75) is 284 Å². The number of rotatable bonds is 55. The largest absolute Gasteiger partial charge is 0.462 e. The van der Waals surface area contributed by atoms with Crippen molar-refractivity contribution in [3.05, 3.63) is 122 Å². The summed E-state index contributed by atoms with van der Waals surface area (Å²) < 4.78 is 16.8. The first-order valence-corrected chi connectivity index (χ1v) is 31.0. The van der Waals surface area contributed by atoms with Crippen LogP contribution in [0, 0.1) is 0 Å². The molecular formula is C69H114O6. The highest BCUT2D eigenvalue weighted by molar-refractivity contribution is 5.71. The third-order valence-electron chi connectivity index (χ3n) is 12.9. The summed E-state index contributed by atoms with van der Waals surface area (Å²) >= 11 is 0. The van der Waals surface area contributed by atoms with E-state index in [1.807, 2.05) is 0 Å². The van der Waals surface area contributed by atoms with E-state index in [2.05, 4.69) is 142 Å². The molecular weight excluding hydrogens is 925 g/mol. The number of unbranched alkanes of at least 4 members (excludes halogenated alkanes) is 24. The van der Waals surface area contributed by atoms with E-state index in [-0.39, 0.29) is 31.1 Å². The smallest absolute Gasteiger partial charge is 0.306 e. The molecule has 0 N–H and O–H groups in total. The number of hydrogen-bond donors (Lipinski definition) is 0. The van der Waals surface area contributed by atoms with Crippen LogP contribution in [0.25, 0.3) is 0 Å². The summed E-state index contributed by atoms with van der Waals surface area (Å²) in [5.41, 5.74) is 0. The summed E-state index contributed by atoms with van der Waals surface area (Å²) in [6.45, 7) is 6.47. The lowest BCUT2D eigenvalue weighted by molar-refractivity contribution is -0.167. The monoisotopic (exact) mass is 1040 g/mol. The topological polar surface area (TPSA) is 78.9 Å². The van der Waals surface area contributed by atoms with E-state index in [9.17, 15) is 14.4 Å². The molecule has 0 aromatic carbocycles.